The van der Waals surface area contributed by atoms with Gasteiger partial charge in [0, 0.05) is 24.0 Å². The number of nitrogens with one attached hydrogen (secondary N) is 1. The number of hydrogen-bond acceptors (Lipinski definition) is 3. The van der Waals surface area contributed by atoms with Crippen molar-refractivity contribution in [2.75, 3.05) is 13.7 Å². The summed E-state index contributed by atoms with van der Waals surface area (Å²) < 4.78 is 7.79. The van der Waals surface area contributed by atoms with Gasteiger partial charge in [0.25, 0.3) is 0 Å². The Hall–Kier alpha value is -1.81. The van der Waals surface area contributed by atoms with E-state index in [0.717, 1.165) is 12.3 Å². The van der Waals surface area contributed by atoms with Gasteiger partial charge in [0.05, 0.1) is 6.54 Å². The molecule has 0 amide bonds. The molecule has 0 saturated carbocycles. The highest BCUT2D eigenvalue weighted by Gasteiger charge is 2.10. The van der Waals surface area contributed by atoms with Gasteiger partial charge >= 0.3 is 0 Å². The van der Waals surface area contributed by atoms with E-state index < -0.39 is 0 Å². The third-order valence-corrected chi connectivity index (χ3v) is 3.21. The number of rotatable bonds is 6. The Morgan fingerprint density at radius 1 is 1.42 bits per heavy atom. The van der Waals surface area contributed by atoms with Crippen molar-refractivity contribution < 1.29 is 4.74 Å². The summed E-state index contributed by atoms with van der Waals surface area (Å²) in [5.74, 6) is 0.953. The molecule has 0 aliphatic heterocycles. The molecule has 4 nitrogen and oxygen atoms in total. The summed E-state index contributed by atoms with van der Waals surface area (Å²) in [7, 11) is 1.96. The van der Waals surface area contributed by atoms with Crippen LogP contribution in [-0.2, 0) is 6.54 Å². The lowest BCUT2D eigenvalue weighted by molar-refractivity contribution is 0.286. The number of benzene rings is 1. The molecule has 0 bridgehead atoms. The van der Waals surface area contributed by atoms with Gasteiger partial charge in [0.15, 0.2) is 0 Å². The minimum atomic E-state index is 0.278. The molecule has 1 aromatic heterocycles. The molecule has 2 aromatic rings. The van der Waals surface area contributed by atoms with Crippen LogP contribution in [0, 0.1) is 6.92 Å². The lowest BCUT2D eigenvalue weighted by Gasteiger charge is -2.17. The zero-order valence-corrected chi connectivity index (χ0v) is 11.8. The Morgan fingerprint density at radius 3 is 2.95 bits per heavy atom. The summed E-state index contributed by atoms with van der Waals surface area (Å²) in [5, 5.41) is 7.41. The lowest BCUT2D eigenvalue weighted by Crippen LogP contribution is -2.15. The Kier molecular flexibility index (Phi) is 4.58. The Morgan fingerprint density at radius 2 is 2.26 bits per heavy atom. The number of aromatic nitrogens is 2. The number of nitrogens with zero attached hydrogens (tertiary/aromatic N) is 2. The highest BCUT2D eigenvalue weighted by Crippen LogP contribution is 2.26. The van der Waals surface area contributed by atoms with Gasteiger partial charge in [-0.3, -0.25) is 4.68 Å². The van der Waals surface area contributed by atoms with Crippen molar-refractivity contribution in [2.24, 2.45) is 0 Å². The summed E-state index contributed by atoms with van der Waals surface area (Å²) in [5.41, 5.74) is 2.40. The van der Waals surface area contributed by atoms with Gasteiger partial charge in [-0.1, -0.05) is 12.1 Å². The van der Waals surface area contributed by atoms with Crippen LogP contribution >= 0.6 is 0 Å². The highest BCUT2D eigenvalue weighted by atomic mass is 16.5. The van der Waals surface area contributed by atoms with E-state index in [9.17, 15) is 0 Å². The van der Waals surface area contributed by atoms with E-state index in [1.165, 1.54) is 11.1 Å². The van der Waals surface area contributed by atoms with E-state index in [1.807, 2.05) is 24.0 Å². The normalized spacial score (nSPS) is 12.4. The van der Waals surface area contributed by atoms with Gasteiger partial charge in [-0.15, -0.1) is 0 Å². The fourth-order valence-corrected chi connectivity index (χ4v) is 1.96. The molecular formula is C15H21N3O. The molecule has 19 heavy (non-hydrogen) atoms. The van der Waals surface area contributed by atoms with Gasteiger partial charge < -0.3 is 10.1 Å². The van der Waals surface area contributed by atoms with Crippen molar-refractivity contribution in [3.05, 3.63) is 47.8 Å². The maximum absolute atomic E-state index is 5.91. The molecule has 0 aliphatic carbocycles. The van der Waals surface area contributed by atoms with Crippen molar-refractivity contribution in [1.29, 1.82) is 0 Å². The molecule has 1 unspecified atom stereocenters. The molecule has 2 rings (SSSR count). The molecule has 0 saturated heterocycles. The highest BCUT2D eigenvalue weighted by molar-refractivity contribution is 5.39. The Balaban J connectivity index is 2.03. The number of aryl methyl sites for hydroxylation is 1. The average molecular weight is 259 g/mol. The van der Waals surface area contributed by atoms with Crippen LogP contribution in [0.15, 0.2) is 36.7 Å². The van der Waals surface area contributed by atoms with Gasteiger partial charge in [-0.25, -0.2) is 0 Å². The largest absolute Gasteiger partial charge is 0.491 e. The van der Waals surface area contributed by atoms with E-state index in [0.29, 0.717) is 6.61 Å². The van der Waals surface area contributed by atoms with Crippen LogP contribution < -0.4 is 10.1 Å². The van der Waals surface area contributed by atoms with E-state index >= 15 is 0 Å². The molecule has 0 aliphatic rings. The predicted molar refractivity (Wildman–Crippen MR) is 76.4 cm³/mol. The fourth-order valence-electron chi connectivity index (χ4n) is 1.96. The molecule has 1 heterocycles. The monoisotopic (exact) mass is 259 g/mol. The van der Waals surface area contributed by atoms with Crippen LogP contribution in [0.5, 0.6) is 5.75 Å². The van der Waals surface area contributed by atoms with Crippen LogP contribution in [-0.4, -0.2) is 23.4 Å². The minimum Gasteiger partial charge on any atom is -0.491 e. The van der Waals surface area contributed by atoms with Crippen molar-refractivity contribution in [2.45, 2.75) is 26.4 Å². The van der Waals surface area contributed by atoms with Crippen molar-refractivity contribution in [3.8, 4) is 5.75 Å². The summed E-state index contributed by atoms with van der Waals surface area (Å²) >= 11 is 0. The van der Waals surface area contributed by atoms with Gasteiger partial charge in [0.2, 0.25) is 0 Å². The lowest BCUT2D eigenvalue weighted by atomic mass is 10.1. The molecular weight excluding hydrogens is 238 g/mol. The van der Waals surface area contributed by atoms with Crippen LogP contribution in [0.4, 0.5) is 0 Å². The predicted octanol–water partition coefficient (Wildman–Crippen LogP) is 2.55. The maximum Gasteiger partial charge on any atom is 0.124 e. The summed E-state index contributed by atoms with van der Waals surface area (Å²) in [4.78, 5) is 0. The quantitative estimate of drug-likeness (QED) is 0.866. The third-order valence-electron chi connectivity index (χ3n) is 3.21. The second-order valence-electron chi connectivity index (χ2n) is 4.67. The Labute approximate surface area is 114 Å². The van der Waals surface area contributed by atoms with E-state index in [4.69, 9.17) is 4.74 Å². The minimum absolute atomic E-state index is 0.278. The molecule has 1 N–H and O–H groups in total. The number of ether oxygens (including phenoxy) is 1. The first-order chi connectivity index (χ1) is 9.20. The fraction of sp³-hybridized carbons (Fsp3) is 0.400. The van der Waals surface area contributed by atoms with Crippen LogP contribution in [0.3, 0.4) is 0 Å². The maximum atomic E-state index is 5.91. The zero-order chi connectivity index (χ0) is 13.7. The van der Waals surface area contributed by atoms with Crippen LogP contribution in [0.1, 0.15) is 24.1 Å². The van der Waals surface area contributed by atoms with Crippen molar-refractivity contribution in [3.63, 3.8) is 0 Å². The van der Waals surface area contributed by atoms with Crippen molar-refractivity contribution in [1.82, 2.24) is 15.1 Å². The standard InChI is InChI=1S/C15H21N3O/c1-12-5-6-14(13(2)16-3)15(11-12)19-10-9-18-8-4-7-17-18/h4-8,11,13,16H,9-10H2,1-3H3. The molecule has 102 valence electrons. The van der Waals surface area contributed by atoms with Gasteiger partial charge in [-0.2, -0.15) is 5.10 Å². The second kappa shape index (κ2) is 6.38. The van der Waals surface area contributed by atoms with Crippen molar-refractivity contribution >= 4 is 0 Å². The number of hydrogen-bond donors (Lipinski definition) is 1. The van der Waals surface area contributed by atoms with E-state index in [-0.39, 0.29) is 6.04 Å². The topological polar surface area (TPSA) is 39.1 Å². The Bertz CT molecular complexity index is 508. The summed E-state index contributed by atoms with van der Waals surface area (Å²) in [6.45, 7) is 5.59. The smallest absolute Gasteiger partial charge is 0.124 e. The molecule has 0 radical (unpaired) electrons. The SMILES string of the molecule is CNC(C)c1ccc(C)cc1OCCn1cccn1. The van der Waals surface area contributed by atoms with E-state index in [1.54, 1.807) is 6.20 Å². The van der Waals surface area contributed by atoms with Gasteiger partial charge in [0.1, 0.15) is 12.4 Å². The van der Waals surface area contributed by atoms with Gasteiger partial charge in [-0.05, 0) is 38.6 Å². The molecule has 0 spiro atoms. The molecule has 4 heteroatoms. The first kappa shape index (κ1) is 13.6. The summed E-state index contributed by atoms with van der Waals surface area (Å²) in [6.07, 6.45) is 3.72. The van der Waals surface area contributed by atoms with Crippen LogP contribution in [0.25, 0.3) is 0 Å². The summed E-state index contributed by atoms with van der Waals surface area (Å²) in [6, 6.07) is 8.52. The van der Waals surface area contributed by atoms with E-state index in [2.05, 4.69) is 42.5 Å². The molecule has 0 fully saturated rings. The molecule has 1 atom stereocenters. The molecule has 1 aromatic carbocycles. The average Bonchev–Trinajstić information content (AvgIpc) is 2.91. The third kappa shape index (κ3) is 3.58. The zero-order valence-electron chi connectivity index (χ0n) is 11.8. The first-order valence-electron chi connectivity index (χ1n) is 6.58. The first-order valence-corrected chi connectivity index (χ1v) is 6.58. The second-order valence-corrected chi connectivity index (χ2v) is 4.67. The van der Waals surface area contributed by atoms with Crippen LogP contribution in [0.2, 0.25) is 0 Å².